The van der Waals surface area contributed by atoms with E-state index in [4.69, 9.17) is 4.98 Å². The van der Waals surface area contributed by atoms with Crippen LogP contribution in [0.2, 0.25) is 0 Å². The molecule has 0 aliphatic carbocycles. The zero-order valence-electron chi connectivity index (χ0n) is 17.1. The number of carbonyl (C=O) groups excluding carboxylic acids is 1. The Bertz CT molecular complexity index is 1230. The molecular weight excluding hydrogens is 397 g/mol. The van der Waals surface area contributed by atoms with E-state index in [1.54, 1.807) is 12.1 Å². The number of halogens is 1. The van der Waals surface area contributed by atoms with Gasteiger partial charge in [0, 0.05) is 31.5 Å². The zero-order valence-corrected chi connectivity index (χ0v) is 17.1. The highest BCUT2D eigenvalue weighted by atomic mass is 19.1. The van der Waals surface area contributed by atoms with Crippen molar-refractivity contribution in [3.05, 3.63) is 72.5 Å². The molecule has 0 spiro atoms. The number of nitrogens with one attached hydrogen (secondary N) is 1. The van der Waals surface area contributed by atoms with Gasteiger partial charge >= 0.3 is 0 Å². The zero-order chi connectivity index (χ0) is 21.4. The van der Waals surface area contributed by atoms with Crippen molar-refractivity contribution in [1.82, 2.24) is 29.5 Å². The topological polar surface area (TPSA) is 80.4 Å². The maximum Gasteiger partial charge on any atom is 0.291 e. The Morgan fingerprint density at radius 2 is 2.10 bits per heavy atom. The number of rotatable bonds is 5. The van der Waals surface area contributed by atoms with Crippen LogP contribution >= 0.6 is 0 Å². The van der Waals surface area contributed by atoms with Crippen molar-refractivity contribution in [3.8, 4) is 5.69 Å². The fourth-order valence-corrected chi connectivity index (χ4v) is 3.89. The summed E-state index contributed by atoms with van der Waals surface area (Å²) in [6.45, 7) is 3.57. The van der Waals surface area contributed by atoms with Crippen LogP contribution < -0.4 is 10.2 Å². The lowest BCUT2D eigenvalue weighted by Gasteiger charge is -2.20. The molecule has 1 atom stereocenters. The molecule has 5 rings (SSSR count). The average Bonchev–Trinajstić information content (AvgIpc) is 3.54. The second-order valence-electron chi connectivity index (χ2n) is 7.60. The van der Waals surface area contributed by atoms with Crippen LogP contribution in [-0.4, -0.2) is 49.2 Å². The Labute approximate surface area is 178 Å². The van der Waals surface area contributed by atoms with Crippen LogP contribution in [0.25, 0.3) is 11.2 Å². The largest absolute Gasteiger partial charge is 0.353 e. The first-order valence-electron chi connectivity index (χ1n) is 10.3. The van der Waals surface area contributed by atoms with Crippen molar-refractivity contribution in [2.45, 2.75) is 25.8 Å². The van der Waals surface area contributed by atoms with Gasteiger partial charge in [0.1, 0.15) is 12.1 Å². The van der Waals surface area contributed by atoms with Gasteiger partial charge in [-0.2, -0.15) is 0 Å². The van der Waals surface area contributed by atoms with Gasteiger partial charge in [-0.1, -0.05) is 6.92 Å². The molecule has 158 valence electrons. The average molecular weight is 419 g/mol. The highest BCUT2D eigenvalue weighted by Gasteiger charge is 2.27. The van der Waals surface area contributed by atoms with Gasteiger partial charge in [0.25, 0.3) is 5.91 Å². The molecule has 1 fully saturated rings. The highest BCUT2D eigenvalue weighted by molar-refractivity contribution is 5.90. The first kappa shape index (κ1) is 19.2. The third-order valence-corrected chi connectivity index (χ3v) is 5.52. The van der Waals surface area contributed by atoms with E-state index >= 15 is 0 Å². The summed E-state index contributed by atoms with van der Waals surface area (Å²) < 4.78 is 16.7. The molecule has 31 heavy (non-hydrogen) atoms. The summed E-state index contributed by atoms with van der Waals surface area (Å²) in [7, 11) is 0. The number of benzene rings is 1. The maximum absolute atomic E-state index is 13.1. The third-order valence-electron chi connectivity index (χ3n) is 5.52. The van der Waals surface area contributed by atoms with Gasteiger partial charge in [0.15, 0.2) is 5.82 Å². The molecule has 1 unspecified atom stereocenters. The summed E-state index contributed by atoms with van der Waals surface area (Å²) in [5.41, 5.74) is 2.73. The summed E-state index contributed by atoms with van der Waals surface area (Å²) >= 11 is 0. The number of nitrogens with zero attached hydrogens (tertiary/aromatic N) is 6. The van der Waals surface area contributed by atoms with Crippen LogP contribution in [-0.2, 0) is 6.42 Å². The van der Waals surface area contributed by atoms with Crippen LogP contribution in [0.15, 0.2) is 55.1 Å². The number of aryl methyl sites for hydroxylation is 1. The first-order chi connectivity index (χ1) is 15.1. The van der Waals surface area contributed by atoms with E-state index in [0.717, 1.165) is 36.4 Å². The molecule has 1 aliphatic heterocycles. The van der Waals surface area contributed by atoms with E-state index in [0.29, 0.717) is 12.2 Å². The van der Waals surface area contributed by atoms with E-state index in [1.165, 1.54) is 23.1 Å². The van der Waals surface area contributed by atoms with Gasteiger partial charge in [-0.3, -0.25) is 4.79 Å². The number of hydrogen-bond acceptors (Lipinski definition) is 5. The molecule has 8 nitrogen and oxygen atoms in total. The molecule has 0 radical (unpaired) electrons. The number of aromatic nitrogens is 5. The minimum Gasteiger partial charge on any atom is -0.353 e. The summed E-state index contributed by atoms with van der Waals surface area (Å²) in [6.07, 6.45) is 7.20. The third kappa shape index (κ3) is 3.74. The second kappa shape index (κ2) is 7.82. The van der Waals surface area contributed by atoms with E-state index in [1.807, 2.05) is 12.3 Å². The van der Waals surface area contributed by atoms with E-state index in [2.05, 4.69) is 43.9 Å². The fraction of sp³-hybridized carbons (Fsp3) is 0.273. The molecule has 3 aromatic heterocycles. The van der Waals surface area contributed by atoms with Crippen molar-refractivity contribution >= 4 is 17.2 Å². The summed E-state index contributed by atoms with van der Waals surface area (Å²) in [6, 6.07) is 9.90. The Morgan fingerprint density at radius 3 is 2.90 bits per heavy atom. The van der Waals surface area contributed by atoms with Crippen molar-refractivity contribution in [2.75, 3.05) is 18.0 Å². The molecule has 1 aromatic carbocycles. The molecule has 1 amide bonds. The SMILES string of the molecule is CCc1cn2cccc2c(N2CCC(NC(=O)c3ncn(-c4ccc(F)cc4)n3)C2)n1. The van der Waals surface area contributed by atoms with Crippen molar-refractivity contribution in [3.63, 3.8) is 0 Å². The lowest BCUT2D eigenvalue weighted by atomic mass is 10.2. The van der Waals surface area contributed by atoms with Gasteiger partial charge in [0.05, 0.1) is 16.9 Å². The number of hydrogen-bond donors (Lipinski definition) is 1. The predicted octanol–water partition coefficient (Wildman–Crippen LogP) is 2.63. The minimum atomic E-state index is -0.330. The smallest absolute Gasteiger partial charge is 0.291 e. The maximum atomic E-state index is 13.1. The molecule has 1 N–H and O–H groups in total. The lowest BCUT2D eigenvalue weighted by molar-refractivity contribution is 0.0930. The Balaban J connectivity index is 1.28. The van der Waals surface area contributed by atoms with Crippen LogP contribution in [0.5, 0.6) is 0 Å². The molecule has 1 aliphatic rings. The lowest BCUT2D eigenvalue weighted by Crippen LogP contribution is -2.37. The molecule has 4 heterocycles. The monoisotopic (exact) mass is 419 g/mol. The van der Waals surface area contributed by atoms with Gasteiger partial charge in [-0.25, -0.2) is 19.0 Å². The van der Waals surface area contributed by atoms with Crippen LogP contribution in [0.3, 0.4) is 0 Å². The Hall–Kier alpha value is -3.75. The van der Waals surface area contributed by atoms with Crippen molar-refractivity contribution < 1.29 is 9.18 Å². The minimum absolute atomic E-state index is 0.0210. The normalized spacial score (nSPS) is 16.2. The fourth-order valence-electron chi connectivity index (χ4n) is 3.89. The summed E-state index contributed by atoms with van der Waals surface area (Å²) in [4.78, 5) is 23.8. The van der Waals surface area contributed by atoms with E-state index in [-0.39, 0.29) is 23.6 Å². The first-order valence-corrected chi connectivity index (χ1v) is 10.3. The summed E-state index contributed by atoms with van der Waals surface area (Å²) in [5, 5.41) is 7.25. The van der Waals surface area contributed by atoms with Crippen LogP contribution in [0, 0.1) is 5.82 Å². The number of carbonyl (C=O) groups is 1. The van der Waals surface area contributed by atoms with Crippen LogP contribution in [0.4, 0.5) is 10.2 Å². The molecule has 0 saturated carbocycles. The molecular formula is C22H22FN7O. The van der Waals surface area contributed by atoms with Crippen molar-refractivity contribution in [1.29, 1.82) is 0 Å². The molecule has 4 aromatic rings. The Kier molecular flexibility index (Phi) is 4.85. The van der Waals surface area contributed by atoms with E-state index in [9.17, 15) is 9.18 Å². The van der Waals surface area contributed by atoms with Gasteiger partial charge in [0.2, 0.25) is 5.82 Å². The number of amides is 1. The second-order valence-corrected chi connectivity index (χ2v) is 7.60. The number of anilines is 1. The highest BCUT2D eigenvalue weighted by Crippen LogP contribution is 2.25. The van der Waals surface area contributed by atoms with Crippen LogP contribution in [0.1, 0.15) is 29.7 Å². The molecule has 0 bridgehead atoms. The quantitative estimate of drug-likeness (QED) is 0.538. The molecule has 9 heteroatoms. The predicted molar refractivity (Wildman–Crippen MR) is 114 cm³/mol. The van der Waals surface area contributed by atoms with Gasteiger partial charge in [-0.15, -0.1) is 5.10 Å². The standard InChI is InChI=1S/C22H22FN7O/c1-2-16-12-28-10-3-4-19(28)21(25-16)29-11-9-17(13-29)26-22(31)20-24-14-30(27-20)18-7-5-15(23)6-8-18/h3-8,10,12,14,17H,2,9,11,13H2,1H3,(H,26,31). The van der Waals surface area contributed by atoms with E-state index < -0.39 is 0 Å². The number of fused-ring (bicyclic) bond motifs is 1. The summed E-state index contributed by atoms with van der Waals surface area (Å²) in [5.74, 6) is 0.377. The molecule has 1 saturated heterocycles. The van der Waals surface area contributed by atoms with Crippen molar-refractivity contribution in [2.24, 2.45) is 0 Å². The van der Waals surface area contributed by atoms with Gasteiger partial charge < -0.3 is 14.6 Å². The Morgan fingerprint density at radius 1 is 1.26 bits per heavy atom. The van der Waals surface area contributed by atoms with Gasteiger partial charge in [-0.05, 0) is 49.2 Å².